The maximum atomic E-state index is 12.9. The summed E-state index contributed by atoms with van der Waals surface area (Å²) in [6, 6.07) is 14.1. The van der Waals surface area contributed by atoms with Crippen LogP contribution in [-0.4, -0.2) is 0 Å². The van der Waals surface area contributed by atoms with E-state index < -0.39 is 6.04 Å². The summed E-state index contributed by atoms with van der Waals surface area (Å²) in [5.74, 6) is 0.473. The van der Waals surface area contributed by atoms with Gasteiger partial charge in [0.1, 0.15) is 11.3 Å². The second-order valence-electron chi connectivity index (χ2n) is 4.94. The van der Waals surface area contributed by atoms with E-state index in [1.165, 1.54) is 0 Å². The van der Waals surface area contributed by atoms with Crippen LogP contribution in [0.5, 0.6) is 0 Å². The zero-order chi connectivity index (χ0) is 15.0. The highest BCUT2D eigenvalue weighted by Crippen LogP contribution is 2.30. The number of hydrogen-bond donors (Lipinski definition) is 1. The number of hydrogen-bond acceptors (Lipinski definition) is 3. The molecule has 0 saturated heterocycles. The van der Waals surface area contributed by atoms with Crippen molar-refractivity contribution in [3.8, 4) is 11.1 Å². The van der Waals surface area contributed by atoms with E-state index in [2.05, 4.69) is 0 Å². The Morgan fingerprint density at radius 2 is 1.81 bits per heavy atom. The highest BCUT2D eigenvalue weighted by atomic mass is 35.5. The molecule has 4 heteroatoms. The summed E-state index contributed by atoms with van der Waals surface area (Å²) < 4.78 is 5.86. The molecule has 3 rings (SSSR count). The van der Waals surface area contributed by atoms with Crippen LogP contribution < -0.4 is 11.2 Å². The van der Waals surface area contributed by atoms with Gasteiger partial charge in [0, 0.05) is 0 Å². The van der Waals surface area contributed by atoms with Gasteiger partial charge in [0.15, 0.2) is 0 Å². The van der Waals surface area contributed by atoms with E-state index in [0.717, 1.165) is 5.56 Å². The van der Waals surface area contributed by atoms with Crippen molar-refractivity contribution in [3.05, 3.63) is 69.5 Å². The molecule has 106 valence electrons. The van der Waals surface area contributed by atoms with Crippen LogP contribution in [-0.2, 0) is 0 Å². The van der Waals surface area contributed by atoms with Crippen molar-refractivity contribution in [2.24, 2.45) is 5.73 Å². The van der Waals surface area contributed by atoms with Crippen LogP contribution in [0, 0.1) is 0 Å². The summed E-state index contributed by atoms with van der Waals surface area (Å²) in [6.07, 6.45) is 0. The first-order chi connectivity index (χ1) is 10.1. The average molecular weight is 300 g/mol. The van der Waals surface area contributed by atoms with Crippen LogP contribution in [0.15, 0.2) is 57.7 Å². The molecule has 1 heterocycles. The van der Waals surface area contributed by atoms with Crippen molar-refractivity contribution < 1.29 is 4.42 Å². The lowest BCUT2D eigenvalue weighted by atomic mass is 9.99. The summed E-state index contributed by atoms with van der Waals surface area (Å²) in [4.78, 5) is 12.9. The van der Waals surface area contributed by atoms with E-state index >= 15 is 0 Å². The van der Waals surface area contributed by atoms with Gasteiger partial charge in [-0.25, -0.2) is 0 Å². The standard InChI is InChI=1S/C17H14ClNO2/c1-10(19)17-14(11-6-3-2-4-7-11)16(20)15-12(18)8-5-9-13(15)21-17/h2-10H,19H2,1H3. The van der Waals surface area contributed by atoms with Gasteiger partial charge in [-0.1, -0.05) is 48.0 Å². The fourth-order valence-corrected chi connectivity index (χ4v) is 2.67. The van der Waals surface area contributed by atoms with E-state index in [9.17, 15) is 4.79 Å². The average Bonchev–Trinajstić information content (AvgIpc) is 2.47. The van der Waals surface area contributed by atoms with Crippen LogP contribution in [0.4, 0.5) is 0 Å². The molecule has 1 aromatic heterocycles. The van der Waals surface area contributed by atoms with Gasteiger partial charge < -0.3 is 10.2 Å². The molecule has 2 aromatic carbocycles. The molecule has 21 heavy (non-hydrogen) atoms. The molecule has 0 aliphatic heterocycles. The first-order valence-corrected chi connectivity index (χ1v) is 7.03. The summed E-state index contributed by atoms with van der Waals surface area (Å²) in [5.41, 5.74) is 7.55. The Bertz CT molecular complexity index is 854. The van der Waals surface area contributed by atoms with Gasteiger partial charge in [-0.15, -0.1) is 0 Å². The fraction of sp³-hybridized carbons (Fsp3) is 0.118. The van der Waals surface area contributed by atoms with Crippen LogP contribution in [0.3, 0.4) is 0 Å². The molecule has 0 amide bonds. The van der Waals surface area contributed by atoms with E-state index in [-0.39, 0.29) is 5.43 Å². The molecule has 3 aromatic rings. The smallest absolute Gasteiger partial charge is 0.202 e. The maximum absolute atomic E-state index is 12.9. The van der Waals surface area contributed by atoms with Gasteiger partial charge in [-0.05, 0) is 24.6 Å². The van der Waals surface area contributed by atoms with Crippen molar-refractivity contribution in [3.63, 3.8) is 0 Å². The van der Waals surface area contributed by atoms with Crippen LogP contribution in [0.1, 0.15) is 18.7 Å². The first kappa shape index (κ1) is 13.9. The minimum atomic E-state index is -0.392. The Morgan fingerprint density at radius 1 is 1.10 bits per heavy atom. The normalized spacial score (nSPS) is 12.5. The van der Waals surface area contributed by atoms with Gasteiger partial charge in [-0.3, -0.25) is 4.79 Å². The lowest BCUT2D eigenvalue weighted by Gasteiger charge is -2.13. The lowest BCUT2D eigenvalue weighted by molar-refractivity contribution is 0.503. The van der Waals surface area contributed by atoms with Crippen molar-refractivity contribution in [2.75, 3.05) is 0 Å². The van der Waals surface area contributed by atoms with Crippen molar-refractivity contribution >= 4 is 22.6 Å². The zero-order valence-corrected chi connectivity index (χ0v) is 12.2. The topological polar surface area (TPSA) is 56.2 Å². The number of benzene rings is 2. The third-order valence-electron chi connectivity index (χ3n) is 3.37. The molecule has 0 radical (unpaired) electrons. The first-order valence-electron chi connectivity index (χ1n) is 6.66. The Morgan fingerprint density at radius 3 is 2.48 bits per heavy atom. The minimum absolute atomic E-state index is 0.152. The summed E-state index contributed by atoms with van der Waals surface area (Å²) in [7, 11) is 0. The molecule has 0 fully saturated rings. The Kier molecular flexibility index (Phi) is 3.53. The van der Waals surface area contributed by atoms with E-state index in [4.69, 9.17) is 21.8 Å². The lowest BCUT2D eigenvalue weighted by Crippen LogP contribution is -2.15. The predicted octanol–water partition coefficient (Wildman–Crippen LogP) is 4.13. The molecule has 2 N–H and O–H groups in total. The van der Waals surface area contributed by atoms with E-state index in [1.807, 2.05) is 30.3 Å². The largest absolute Gasteiger partial charge is 0.458 e. The summed E-state index contributed by atoms with van der Waals surface area (Å²) in [6.45, 7) is 1.79. The van der Waals surface area contributed by atoms with Gasteiger partial charge in [0.25, 0.3) is 0 Å². The van der Waals surface area contributed by atoms with Gasteiger partial charge >= 0.3 is 0 Å². The fourth-order valence-electron chi connectivity index (χ4n) is 2.41. The maximum Gasteiger partial charge on any atom is 0.202 e. The summed E-state index contributed by atoms with van der Waals surface area (Å²) >= 11 is 6.16. The van der Waals surface area contributed by atoms with Gasteiger partial charge in [0.05, 0.1) is 22.0 Å². The van der Waals surface area contributed by atoms with Crippen molar-refractivity contribution in [2.45, 2.75) is 13.0 Å². The minimum Gasteiger partial charge on any atom is -0.458 e. The van der Waals surface area contributed by atoms with E-state index in [1.54, 1.807) is 25.1 Å². The highest BCUT2D eigenvalue weighted by Gasteiger charge is 2.19. The van der Waals surface area contributed by atoms with E-state index in [0.29, 0.717) is 27.3 Å². The molecule has 0 aliphatic carbocycles. The van der Waals surface area contributed by atoms with Crippen molar-refractivity contribution in [1.29, 1.82) is 0 Å². The zero-order valence-electron chi connectivity index (χ0n) is 11.5. The van der Waals surface area contributed by atoms with Crippen LogP contribution in [0.2, 0.25) is 5.02 Å². The second-order valence-corrected chi connectivity index (χ2v) is 5.35. The molecule has 1 atom stereocenters. The molecule has 0 bridgehead atoms. The quantitative estimate of drug-likeness (QED) is 0.774. The van der Waals surface area contributed by atoms with Crippen molar-refractivity contribution in [1.82, 2.24) is 0 Å². The highest BCUT2D eigenvalue weighted by molar-refractivity contribution is 6.35. The Labute approximate surface area is 127 Å². The number of halogens is 1. The SMILES string of the molecule is CC(N)c1oc2cccc(Cl)c2c(=O)c1-c1ccccc1. The third kappa shape index (κ3) is 2.35. The van der Waals surface area contributed by atoms with Gasteiger partial charge in [-0.2, -0.15) is 0 Å². The number of nitrogens with two attached hydrogens (primary N) is 1. The van der Waals surface area contributed by atoms with Gasteiger partial charge in [0.2, 0.25) is 5.43 Å². The Hall–Kier alpha value is -2.10. The summed E-state index contributed by atoms with van der Waals surface area (Å²) in [5, 5.41) is 0.775. The predicted molar refractivity (Wildman–Crippen MR) is 85.5 cm³/mol. The third-order valence-corrected chi connectivity index (χ3v) is 3.69. The monoisotopic (exact) mass is 299 g/mol. The molecular formula is C17H14ClNO2. The molecule has 0 spiro atoms. The van der Waals surface area contributed by atoms with Crippen LogP contribution >= 0.6 is 11.6 Å². The molecular weight excluding hydrogens is 286 g/mol. The van der Waals surface area contributed by atoms with Crippen LogP contribution in [0.25, 0.3) is 22.1 Å². The molecule has 3 nitrogen and oxygen atoms in total. The molecule has 1 unspecified atom stereocenters. The number of rotatable bonds is 2. The second kappa shape index (κ2) is 5.35. The molecule has 0 saturated carbocycles. The number of fused-ring (bicyclic) bond motifs is 1. The molecule has 0 aliphatic rings. The Balaban J connectivity index is 2.47.